The first-order valence-corrected chi connectivity index (χ1v) is 8.15. The average molecular weight is 335 g/mol. The summed E-state index contributed by atoms with van der Waals surface area (Å²) in [7, 11) is 1.65. The number of ether oxygens (including phenoxy) is 1. The average Bonchev–Trinajstić information content (AvgIpc) is 3.15. The molecule has 128 valence electrons. The summed E-state index contributed by atoms with van der Waals surface area (Å²) in [6.07, 6.45) is 4.13. The number of aromatic nitrogens is 2. The summed E-state index contributed by atoms with van der Waals surface area (Å²) in [4.78, 5) is 19.3. The fraction of sp³-hybridized carbons (Fsp3) is 0.200. The first-order chi connectivity index (χ1) is 12.2. The van der Waals surface area contributed by atoms with E-state index in [2.05, 4.69) is 9.97 Å². The van der Waals surface area contributed by atoms with Crippen molar-refractivity contribution in [2.45, 2.75) is 18.9 Å². The lowest BCUT2D eigenvalue weighted by Gasteiger charge is -2.10. The van der Waals surface area contributed by atoms with Gasteiger partial charge in [-0.25, -0.2) is 4.98 Å². The van der Waals surface area contributed by atoms with Crippen molar-refractivity contribution in [1.82, 2.24) is 9.97 Å². The van der Waals surface area contributed by atoms with E-state index in [1.54, 1.807) is 19.6 Å². The molecule has 0 aliphatic heterocycles. The first kappa shape index (κ1) is 16.9. The van der Waals surface area contributed by atoms with Gasteiger partial charge in [-0.15, -0.1) is 0 Å². The molecule has 1 aromatic heterocycles. The van der Waals surface area contributed by atoms with Gasteiger partial charge in [0.15, 0.2) is 5.78 Å². The van der Waals surface area contributed by atoms with Crippen LogP contribution in [0.3, 0.4) is 0 Å². The number of nitrogens with two attached hydrogens (primary N) is 1. The molecule has 0 saturated heterocycles. The molecule has 1 heterocycles. The van der Waals surface area contributed by atoms with Crippen LogP contribution >= 0.6 is 0 Å². The van der Waals surface area contributed by atoms with E-state index < -0.39 is 6.04 Å². The summed E-state index contributed by atoms with van der Waals surface area (Å²) in [6.45, 7) is 0. The number of Topliss-reactive ketones (excluding diaryl/α,β-unsaturated/α-hetero) is 1. The molecule has 3 rings (SSSR count). The number of carbonyl (C=O) groups excluding carboxylic acids is 1. The molecule has 3 N–H and O–H groups in total. The zero-order valence-corrected chi connectivity index (χ0v) is 14.1. The van der Waals surface area contributed by atoms with Crippen molar-refractivity contribution in [2.75, 3.05) is 7.11 Å². The monoisotopic (exact) mass is 335 g/mol. The Labute approximate surface area is 146 Å². The van der Waals surface area contributed by atoms with Gasteiger partial charge in [0.1, 0.15) is 5.75 Å². The Morgan fingerprint density at radius 3 is 2.32 bits per heavy atom. The van der Waals surface area contributed by atoms with Crippen LogP contribution in [0.15, 0.2) is 61.1 Å². The van der Waals surface area contributed by atoms with Crippen molar-refractivity contribution >= 4 is 5.78 Å². The lowest BCUT2D eigenvalue weighted by Crippen LogP contribution is -2.34. The molecule has 0 fully saturated rings. The number of imidazole rings is 1. The van der Waals surface area contributed by atoms with Gasteiger partial charge in [0.05, 0.1) is 25.2 Å². The van der Waals surface area contributed by atoms with Crippen LogP contribution in [-0.4, -0.2) is 28.9 Å². The Bertz CT molecular complexity index is 809. The van der Waals surface area contributed by atoms with Gasteiger partial charge in [-0.3, -0.25) is 4.79 Å². The summed E-state index contributed by atoms with van der Waals surface area (Å²) >= 11 is 0. The molecule has 0 aliphatic carbocycles. The summed E-state index contributed by atoms with van der Waals surface area (Å²) < 4.78 is 5.17. The fourth-order valence-electron chi connectivity index (χ4n) is 2.67. The van der Waals surface area contributed by atoms with Gasteiger partial charge in [-0.2, -0.15) is 0 Å². The quantitative estimate of drug-likeness (QED) is 0.696. The van der Waals surface area contributed by atoms with E-state index in [0.717, 1.165) is 28.1 Å². The molecular formula is C20H21N3O2. The second-order valence-corrected chi connectivity index (χ2v) is 5.94. The van der Waals surface area contributed by atoms with E-state index in [4.69, 9.17) is 10.5 Å². The Kier molecular flexibility index (Phi) is 5.26. The van der Waals surface area contributed by atoms with Crippen LogP contribution in [0.4, 0.5) is 0 Å². The smallest absolute Gasteiger partial charge is 0.154 e. The normalized spacial score (nSPS) is 11.9. The van der Waals surface area contributed by atoms with Gasteiger partial charge in [-0.1, -0.05) is 36.4 Å². The van der Waals surface area contributed by atoms with E-state index in [1.165, 1.54) is 0 Å². The summed E-state index contributed by atoms with van der Waals surface area (Å²) in [5.41, 5.74) is 9.95. The highest BCUT2D eigenvalue weighted by molar-refractivity contribution is 5.86. The van der Waals surface area contributed by atoms with Crippen molar-refractivity contribution in [3.63, 3.8) is 0 Å². The van der Waals surface area contributed by atoms with Gasteiger partial charge in [0, 0.05) is 19.0 Å². The van der Waals surface area contributed by atoms with Crippen LogP contribution in [0.25, 0.3) is 11.1 Å². The minimum absolute atomic E-state index is 0.0141. The molecule has 1 unspecified atom stereocenters. The minimum atomic E-state index is -0.537. The SMILES string of the molecule is COc1ccc(-c2ccc(CC(=O)C(N)Cc3c[nH]cn3)cc2)cc1. The number of rotatable bonds is 7. The number of H-pyrrole nitrogens is 1. The molecule has 5 nitrogen and oxygen atoms in total. The number of ketones is 1. The van der Waals surface area contributed by atoms with Crippen LogP contribution in [-0.2, 0) is 17.6 Å². The largest absolute Gasteiger partial charge is 0.497 e. The zero-order chi connectivity index (χ0) is 17.6. The topological polar surface area (TPSA) is 81.0 Å². The standard InChI is InChI=1S/C20H21N3O2/c1-25-18-8-6-16(7-9-18)15-4-2-14(3-5-15)10-20(24)19(21)11-17-12-22-13-23-17/h2-9,12-13,19H,10-11,21H2,1H3,(H,22,23). The van der Waals surface area contributed by atoms with E-state index in [9.17, 15) is 4.79 Å². The third-order valence-electron chi connectivity index (χ3n) is 4.15. The molecule has 0 amide bonds. The van der Waals surface area contributed by atoms with E-state index in [1.807, 2.05) is 48.5 Å². The molecule has 0 aliphatic rings. The molecule has 0 bridgehead atoms. The van der Waals surface area contributed by atoms with E-state index >= 15 is 0 Å². The van der Waals surface area contributed by atoms with Crippen molar-refractivity contribution < 1.29 is 9.53 Å². The van der Waals surface area contributed by atoms with Crippen molar-refractivity contribution in [3.05, 3.63) is 72.3 Å². The Morgan fingerprint density at radius 1 is 1.12 bits per heavy atom. The number of carbonyl (C=O) groups is 1. The highest BCUT2D eigenvalue weighted by Gasteiger charge is 2.15. The lowest BCUT2D eigenvalue weighted by molar-refractivity contribution is -0.119. The van der Waals surface area contributed by atoms with E-state index in [-0.39, 0.29) is 5.78 Å². The highest BCUT2D eigenvalue weighted by atomic mass is 16.5. The van der Waals surface area contributed by atoms with Crippen molar-refractivity contribution in [2.24, 2.45) is 5.73 Å². The third kappa shape index (κ3) is 4.33. The molecule has 2 aromatic carbocycles. The van der Waals surface area contributed by atoms with Gasteiger partial charge in [0.2, 0.25) is 0 Å². The molecule has 25 heavy (non-hydrogen) atoms. The van der Waals surface area contributed by atoms with Crippen LogP contribution in [0.2, 0.25) is 0 Å². The molecule has 5 heteroatoms. The van der Waals surface area contributed by atoms with Gasteiger partial charge in [0.25, 0.3) is 0 Å². The Balaban J connectivity index is 1.62. The first-order valence-electron chi connectivity index (χ1n) is 8.15. The number of methoxy groups -OCH3 is 1. The molecule has 0 saturated carbocycles. The zero-order valence-electron chi connectivity index (χ0n) is 14.1. The maximum Gasteiger partial charge on any atom is 0.154 e. The van der Waals surface area contributed by atoms with Crippen LogP contribution in [0, 0.1) is 0 Å². The van der Waals surface area contributed by atoms with Crippen LogP contribution in [0.5, 0.6) is 5.75 Å². The van der Waals surface area contributed by atoms with Crippen molar-refractivity contribution in [3.8, 4) is 16.9 Å². The number of hydrogen-bond acceptors (Lipinski definition) is 4. The van der Waals surface area contributed by atoms with Crippen molar-refractivity contribution in [1.29, 1.82) is 0 Å². The fourth-order valence-corrected chi connectivity index (χ4v) is 2.67. The number of hydrogen-bond donors (Lipinski definition) is 2. The summed E-state index contributed by atoms with van der Waals surface area (Å²) in [5, 5.41) is 0. The summed E-state index contributed by atoms with van der Waals surface area (Å²) in [5.74, 6) is 0.845. The van der Waals surface area contributed by atoms with E-state index in [0.29, 0.717) is 12.8 Å². The predicted octanol–water partition coefficient (Wildman–Crippen LogP) is 2.77. The van der Waals surface area contributed by atoms with Gasteiger partial charge >= 0.3 is 0 Å². The third-order valence-corrected chi connectivity index (χ3v) is 4.15. The number of nitrogens with zero attached hydrogens (tertiary/aromatic N) is 1. The summed E-state index contributed by atoms with van der Waals surface area (Å²) in [6, 6.07) is 15.3. The number of aromatic amines is 1. The highest BCUT2D eigenvalue weighted by Crippen LogP contribution is 2.23. The Morgan fingerprint density at radius 2 is 1.76 bits per heavy atom. The van der Waals surface area contributed by atoms with Gasteiger partial charge in [-0.05, 0) is 28.8 Å². The lowest BCUT2D eigenvalue weighted by atomic mass is 9.98. The molecule has 1 atom stereocenters. The predicted molar refractivity (Wildman–Crippen MR) is 97.4 cm³/mol. The molecular weight excluding hydrogens is 314 g/mol. The molecule has 0 radical (unpaired) electrons. The maximum absolute atomic E-state index is 12.3. The molecule has 3 aromatic rings. The van der Waals surface area contributed by atoms with Crippen LogP contribution in [0.1, 0.15) is 11.3 Å². The second-order valence-electron chi connectivity index (χ2n) is 5.94. The van der Waals surface area contributed by atoms with Crippen LogP contribution < -0.4 is 10.5 Å². The maximum atomic E-state index is 12.3. The minimum Gasteiger partial charge on any atom is -0.497 e. The Hall–Kier alpha value is -2.92. The number of nitrogens with one attached hydrogen (secondary N) is 1. The molecule has 0 spiro atoms. The van der Waals surface area contributed by atoms with Gasteiger partial charge < -0.3 is 15.5 Å². The second kappa shape index (κ2) is 7.77. The number of benzene rings is 2.